The normalized spacial score (nSPS) is 14.2. The molecule has 3 aromatic rings. The van der Waals surface area contributed by atoms with Crippen molar-refractivity contribution in [1.29, 1.82) is 0 Å². The molecule has 1 saturated heterocycles. The average Bonchev–Trinajstić information content (AvgIpc) is 2.81. The number of aromatic nitrogens is 2. The van der Waals surface area contributed by atoms with Gasteiger partial charge in [0.1, 0.15) is 5.82 Å². The summed E-state index contributed by atoms with van der Waals surface area (Å²) in [4.78, 5) is 26.7. The molecule has 6 nitrogen and oxygen atoms in total. The van der Waals surface area contributed by atoms with Gasteiger partial charge < -0.3 is 14.5 Å². The molecule has 0 saturated carbocycles. The van der Waals surface area contributed by atoms with E-state index in [2.05, 4.69) is 18.7 Å². The lowest BCUT2D eigenvalue weighted by atomic mass is 10.1. The molecule has 168 valence electrons. The minimum absolute atomic E-state index is 0.159. The topological polar surface area (TPSA) is 58.6 Å². The van der Waals surface area contributed by atoms with Crippen LogP contribution in [-0.2, 0) is 9.53 Å². The Hall–Kier alpha value is -2.70. The van der Waals surface area contributed by atoms with E-state index in [4.69, 9.17) is 26.3 Å². The molecule has 0 atom stereocenters. The van der Waals surface area contributed by atoms with E-state index >= 15 is 0 Å². The zero-order chi connectivity index (χ0) is 22.5. The second kappa shape index (κ2) is 10.3. The highest BCUT2D eigenvalue weighted by Gasteiger charge is 2.21. The SMILES string of the molecule is CC(C)CN(CCC(=O)N1CCOCC1)c1nc(-c2ccccc2Cl)nc2ccccc12. The van der Waals surface area contributed by atoms with E-state index in [0.717, 1.165) is 28.8 Å². The van der Waals surface area contributed by atoms with E-state index in [1.807, 2.05) is 53.4 Å². The molecule has 1 amide bonds. The highest BCUT2D eigenvalue weighted by Crippen LogP contribution is 2.31. The van der Waals surface area contributed by atoms with Crippen molar-refractivity contribution in [2.75, 3.05) is 44.3 Å². The Bertz CT molecular complexity index is 1080. The minimum Gasteiger partial charge on any atom is -0.378 e. The number of para-hydroxylation sites is 1. The van der Waals surface area contributed by atoms with Gasteiger partial charge in [-0.3, -0.25) is 4.79 Å². The van der Waals surface area contributed by atoms with Crippen molar-refractivity contribution in [3.05, 3.63) is 53.6 Å². The molecule has 1 aliphatic rings. The Morgan fingerprint density at radius 1 is 1.09 bits per heavy atom. The molecule has 0 bridgehead atoms. The molecule has 7 heteroatoms. The monoisotopic (exact) mass is 452 g/mol. The molecule has 0 N–H and O–H groups in total. The van der Waals surface area contributed by atoms with Crippen LogP contribution in [0, 0.1) is 5.92 Å². The summed E-state index contributed by atoms with van der Waals surface area (Å²) in [6, 6.07) is 15.6. The van der Waals surface area contributed by atoms with E-state index in [9.17, 15) is 4.79 Å². The number of carbonyl (C=O) groups is 1. The lowest BCUT2D eigenvalue weighted by Gasteiger charge is -2.30. The molecule has 0 unspecified atom stereocenters. The minimum atomic E-state index is 0.159. The molecule has 1 aliphatic heterocycles. The van der Waals surface area contributed by atoms with Crippen LogP contribution in [-0.4, -0.2) is 60.2 Å². The van der Waals surface area contributed by atoms with E-state index in [1.54, 1.807) is 0 Å². The number of carbonyl (C=O) groups excluding carboxylic acids is 1. The van der Waals surface area contributed by atoms with Gasteiger partial charge in [0.25, 0.3) is 0 Å². The summed E-state index contributed by atoms with van der Waals surface area (Å²) in [5.74, 6) is 2.00. The maximum Gasteiger partial charge on any atom is 0.224 e. The summed E-state index contributed by atoms with van der Waals surface area (Å²) in [5.41, 5.74) is 1.66. The number of ether oxygens (including phenoxy) is 1. The third-order valence-corrected chi connectivity index (χ3v) is 5.87. The van der Waals surface area contributed by atoms with Crippen LogP contribution in [0.1, 0.15) is 20.3 Å². The van der Waals surface area contributed by atoms with Crippen molar-refractivity contribution in [2.45, 2.75) is 20.3 Å². The first-order chi connectivity index (χ1) is 15.5. The molecule has 0 radical (unpaired) electrons. The van der Waals surface area contributed by atoms with Gasteiger partial charge in [0.2, 0.25) is 5.91 Å². The lowest BCUT2D eigenvalue weighted by molar-refractivity contribution is -0.135. The fourth-order valence-electron chi connectivity index (χ4n) is 3.99. The third-order valence-electron chi connectivity index (χ3n) is 5.54. The number of anilines is 1. The maximum atomic E-state index is 12.8. The van der Waals surface area contributed by atoms with Gasteiger partial charge in [-0.25, -0.2) is 9.97 Å². The Morgan fingerprint density at radius 2 is 1.81 bits per heavy atom. The molecule has 32 heavy (non-hydrogen) atoms. The van der Waals surface area contributed by atoms with E-state index in [1.165, 1.54) is 0 Å². The van der Waals surface area contributed by atoms with Gasteiger partial charge in [-0.1, -0.05) is 49.7 Å². The van der Waals surface area contributed by atoms with Crippen LogP contribution in [0.15, 0.2) is 48.5 Å². The summed E-state index contributed by atoms with van der Waals surface area (Å²) in [5, 5.41) is 1.59. The standard InChI is InChI=1S/C25H29ClN4O2/c1-18(2)17-30(12-11-23(31)29-13-15-32-16-14-29)25-20-8-4-6-10-22(20)27-24(28-25)19-7-3-5-9-21(19)26/h3-10,18H,11-17H2,1-2H3. The molecule has 1 aromatic heterocycles. The molecule has 2 heterocycles. The van der Waals surface area contributed by atoms with E-state index in [0.29, 0.717) is 56.0 Å². The summed E-state index contributed by atoms with van der Waals surface area (Å²) in [7, 11) is 0. The number of benzene rings is 2. The van der Waals surface area contributed by atoms with Crippen molar-refractivity contribution in [2.24, 2.45) is 5.92 Å². The number of hydrogen-bond acceptors (Lipinski definition) is 5. The number of hydrogen-bond donors (Lipinski definition) is 0. The number of amides is 1. The van der Waals surface area contributed by atoms with Gasteiger partial charge in [-0.15, -0.1) is 0 Å². The molecule has 0 spiro atoms. The summed E-state index contributed by atoms with van der Waals surface area (Å²) < 4.78 is 5.38. The van der Waals surface area contributed by atoms with Gasteiger partial charge in [0.05, 0.1) is 23.8 Å². The van der Waals surface area contributed by atoms with Crippen LogP contribution in [0.25, 0.3) is 22.3 Å². The smallest absolute Gasteiger partial charge is 0.224 e. The van der Waals surface area contributed by atoms with Gasteiger partial charge in [-0.05, 0) is 30.2 Å². The second-order valence-corrected chi connectivity index (χ2v) is 8.86. The zero-order valence-corrected chi connectivity index (χ0v) is 19.4. The van der Waals surface area contributed by atoms with Gasteiger partial charge in [-0.2, -0.15) is 0 Å². The highest BCUT2D eigenvalue weighted by molar-refractivity contribution is 6.33. The van der Waals surface area contributed by atoms with Crippen LogP contribution in [0.3, 0.4) is 0 Å². The van der Waals surface area contributed by atoms with Crippen LogP contribution >= 0.6 is 11.6 Å². The van der Waals surface area contributed by atoms with Crippen molar-refractivity contribution < 1.29 is 9.53 Å². The van der Waals surface area contributed by atoms with Crippen LogP contribution in [0.2, 0.25) is 5.02 Å². The lowest BCUT2D eigenvalue weighted by Crippen LogP contribution is -2.42. The van der Waals surface area contributed by atoms with Crippen molar-refractivity contribution in [3.63, 3.8) is 0 Å². The van der Waals surface area contributed by atoms with Crippen LogP contribution < -0.4 is 4.90 Å². The van der Waals surface area contributed by atoms with Crippen LogP contribution in [0.5, 0.6) is 0 Å². The largest absolute Gasteiger partial charge is 0.378 e. The molecule has 4 rings (SSSR count). The van der Waals surface area contributed by atoms with Crippen LogP contribution in [0.4, 0.5) is 5.82 Å². The Morgan fingerprint density at radius 3 is 2.56 bits per heavy atom. The van der Waals surface area contributed by atoms with Crippen molar-refractivity contribution in [1.82, 2.24) is 14.9 Å². The molecule has 2 aromatic carbocycles. The first kappa shape index (κ1) is 22.5. The predicted octanol–water partition coefficient (Wildman–Crippen LogP) is 4.66. The fourth-order valence-corrected chi connectivity index (χ4v) is 4.21. The van der Waals surface area contributed by atoms with Gasteiger partial charge >= 0.3 is 0 Å². The fraction of sp³-hybridized carbons (Fsp3) is 0.400. The Kier molecular flexibility index (Phi) is 7.22. The average molecular weight is 453 g/mol. The van der Waals surface area contributed by atoms with Gasteiger partial charge in [0.15, 0.2) is 5.82 Å². The first-order valence-electron chi connectivity index (χ1n) is 11.1. The molecule has 0 aliphatic carbocycles. The van der Waals surface area contributed by atoms with E-state index < -0.39 is 0 Å². The summed E-state index contributed by atoms with van der Waals surface area (Å²) in [6.45, 7) is 8.28. The zero-order valence-electron chi connectivity index (χ0n) is 18.6. The molecule has 1 fully saturated rings. The molecular formula is C25H29ClN4O2. The Labute approximate surface area is 194 Å². The highest BCUT2D eigenvalue weighted by atomic mass is 35.5. The first-order valence-corrected chi connectivity index (χ1v) is 11.5. The second-order valence-electron chi connectivity index (χ2n) is 8.45. The quantitative estimate of drug-likeness (QED) is 0.521. The van der Waals surface area contributed by atoms with Gasteiger partial charge in [0, 0.05) is 43.5 Å². The number of morpholine rings is 1. The Balaban J connectivity index is 1.69. The van der Waals surface area contributed by atoms with Crippen molar-refractivity contribution >= 4 is 34.2 Å². The maximum absolute atomic E-state index is 12.8. The molecular weight excluding hydrogens is 424 g/mol. The number of fused-ring (bicyclic) bond motifs is 1. The van der Waals surface area contributed by atoms with E-state index in [-0.39, 0.29) is 5.91 Å². The third kappa shape index (κ3) is 5.19. The summed E-state index contributed by atoms with van der Waals surface area (Å²) in [6.07, 6.45) is 0.437. The number of rotatable bonds is 7. The predicted molar refractivity (Wildman–Crippen MR) is 129 cm³/mol. The number of nitrogens with zero attached hydrogens (tertiary/aromatic N) is 4. The van der Waals surface area contributed by atoms with Crippen molar-refractivity contribution in [3.8, 4) is 11.4 Å². The number of halogens is 1. The summed E-state index contributed by atoms with van der Waals surface area (Å²) >= 11 is 6.46.